The van der Waals surface area contributed by atoms with Crippen LogP contribution in [0.2, 0.25) is 25.7 Å². The van der Waals surface area contributed by atoms with Crippen LogP contribution in [-0.2, 0) is 31.9 Å². The van der Waals surface area contributed by atoms with Gasteiger partial charge in [0.2, 0.25) is 5.95 Å². The Labute approximate surface area is 232 Å². The number of hydrogen-bond donors (Lipinski definition) is 1. The highest BCUT2D eigenvalue weighted by Gasteiger charge is 2.37. The number of anilines is 1. The van der Waals surface area contributed by atoms with E-state index in [-0.39, 0.29) is 23.9 Å². The van der Waals surface area contributed by atoms with E-state index in [9.17, 15) is 26.9 Å². The third-order valence-electron chi connectivity index (χ3n) is 6.65. The number of nitrogens with zero attached hydrogens (tertiary/aromatic N) is 4. The highest BCUT2D eigenvalue weighted by Crippen LogP contribution is 2.40. The van der Waals surface area contributed by atoms with Crippen LogP contribution < -0.4 is 5.32 Å². The molecule has 2 heterocycles. The highest BCUT2D eigenvalue weighted by atomic mass is 32.2. The normalized spacial score (nSPS) is 18.2. The molecule has 1 aliphatic carbocycles. The Bertz CT molecular complexity index is 1530. The molecule has 3 aromatic rings. The number of hydrogen-bond acceptors (Lipinski definition) is 8. The van der Waals surface area contributed by atoms with Crippen molar-refractivity contribution in [2.45, 2.75) is 70.0 Å². The van der Waals surface area contributed by atoms with Crippen LogP contribution in [0.4, 0.5) is 19.1 Å². The molecule has 0 aliphatic heterocycles. The van der Waals surface area contributed by atoms with Gasteiger partial charge in [0.05, 0.1) is 41.2 Å². The zero-order valence-corrected chi connectivity index (χ0v) is 24.6. The molecule has 216 valence electrons. The molecule has 4 rings (SSSR count). The molecule has 2 atom stereocenters. The van der Waals surface area contributed by atoms with Gasteiger partial charge in [-0.2, -0.15) is 26.9 Å². The van der Waals surface area contributed by atoms with Crippen molar-refractivity contribution in [2.75, 3.05) is 18.2 Å². The maximum Gasteiger partial charge on any atom is 0.419 e. The van der Waals surface area contributed by atoms with E-state index < -0.39 is 42.1 Å². The van der Waals surface area contributed by atoms with Gasteiger partial charge in [-0.05, 0) is 37.4 Å². The SMILES string of the molecule is C[Si](C)(C)CCOCn1cc(-c2nc(N[C@H]3CCC[C@H]3OS(C)(=O)=O)ncc2C(F)(F)F)c2ccc(C#N)cc21. The van der Waals surface area contributed by atoms with Crippen LogP contribution in [0.25, 0.3) is 22.2 Å². The molecule has 0 amide bonds. The van der Waals surface area contributed by atoms with Crippen LogP contribution in [0.15, 0.2) is 30.6 Å². The van der Waals surface area contributed by atoms with Gasteiger partial charge in [0.15, 0.2) is 0 Å². The largest absolute Gasteiger partial charge is 0.419 e. The monoisotopic (exact) mass is 595 g/mol. The standard InChI is InChI=1S/C26H32F3N5O4SSi/c1-39(35,36)38-23-7-5-6-21(23)32-25-31-14-20(26(27,28)29)24(33-25)19-15-34(16-37-10-11-40(2,3)4)22-12-17(13-30)8-9-18(19)22/h8-9,12,14-15,21,23H,5-7,10-11,16H2,1-4H3,(H,31,32,33)/t21-,23+/m0/s1. The number of benzene rings is 1. The predicted octanol–water partition coefficient (Wildman–Crippen LogP) is 5.61. The summed E-state index contributed by atoms with van der Waals surface area (Å²) in [6.07, 6.45) is -0.484. The minimum absolute atomic E-state index is 0.0714. The van der Waals surface area contributed by atoms with Gasteiger partial charge in [-0.1, -0.05) is 25.7 Å². The number of nitrogens with one attached hydrogen (secondary N) is 1. The molecule has 0 spiro atoms. The van der Waals surface area contributed by atoms with Gasteiger partial charge in [-0.3, -0.25) is 4.18 Å². The zero-order chi connectivity index (χ0) is 29.3. The summed E-state index contributed by atoms with van der Waals surface area (Å²) in [4.78, 5) is 8.18. The molecule has 1 fully saturated rings. The molecular formula is C26H32F3N5O4SSi. The van der Waals surface area contributed by atoms with Gasteiger partial charge in [-0.15, -0.1) is 0 Å². The lowest BCUT2D eigenvalue weighted by Crippen LogP contribution is -2.33. The first-order valence-corrected chi connectivity index (χ1v) is 18.4. The van der Waals surface area contributed by atoms with Crippen molar-refractivity contribution in [1.29, 1.82) is 5.26 Å². The fraction of sp³-hybridized carbons (Fsp3) is 0.500. The van der Waals surface area contributed by atoms with Crippen LogP contribution in [0, 0.1) is 11.3 Å². The van der Waals surface area contributed by atoms with Crippen LogP contribution >= 0.6 is 0 Å². The first-order chi connectivity index (χ1) is 18.6. The quantitative estimate of drug-likeness (QED) is 0.183. The van der Waals surface area contributed by atoms with E-state index in [1.54, 1.807) is 29.0 Å². The molecule has 0 radical (unpaired) electrons. The Balaban J connectivity index is 1.74. The van der Waals surface area contributed by atoms with Crippen molar-refractivity contribution in [3.8, 4) is 17.3 Å². The Morgan fingerprint density at radius 3 is 2.65 bits per heavy atom. The van der Waals surface area contributed by atoms with Crippen molar-refractivity contribution in [3.63, 3.8) is 0 Å². The van der Waals surface area contributed by atoms with Crippen molar-refractivity contribution in [3.05, 3.63) is 41.7 Å². The Morgan fingerprint density at radius 2 is 2.00 bits per heavy atom. The minimum atomic E-state index is -4.74. The second-order valence-corrected chi connectivity index (χ2v) is 18.4. The van der Waals surface area contributed by atoms with E-state index >= 15 is 0 Å². The van der Waals surface area contributed by atoms with Gasteiger partial charge in [0.25, 0.3) is 10.1 Å². The van der Waals surface area contributed by atoms with Gasteiger partial charge in [0, 0.05) is 38.0 Å². The summed E-state index contributed by atoms with van der Waals surface area (Å²) in [7, 11) is -5.07. The maximum atomic E-state index is 14.1. The molecule has 0 bridgehead atoms. The first kappa shape index (κ1) is 30.0. The minimum Gasteiger partial charge on any atom is -0.361 e. The summed E-state index contributed by atoms with van der Waals surface area (Å²) >= 11 is 0. The predicted molar refractivity (Wildman–Crippen MR) is 148 cm³/mol. The fourth-order valence-electron chi connectivity index (χ4n) is 4.66. The number of alkyl halides is 3. The Morgan fingerprint density at radius 1 is 1.25 bits per heavy atom. The molecule has 0 saturated heterocycles. The Hall–Kier alpha value is -2.99. The molecule has 1 aromatic carbocycles. The van der Waals surface area contributed by atoms with E-state index in [0.717, 1.165) is 18.5 Å². The number of aromatic nitrogens is 3. The third kappa shape index (κ3) is 7.39. The van der Waals surface area contributed by atoms with E-state index in [2.05, 4.69) is 41.0 Å². The van der Waals surface area contributed by atoms with Crippen molar-refractivity contribution < 1.29 is 30.5 Å². The molecule has 1 N–H and O–H groups in total. The molecule has 14 heteroatoms. The van der Waals surface area contributed by atoms with Crippen LogP contribution in [0.5, 0.6) is 0 Å². The number of fused-ring (bicyclic) bond motifs is 1. The fourth-order valence-corrected chi connectivity index (χ4v) is 6.10. The lowest BCUT2D eigenvalue weighted by molar-refractivity contribution is -0.137. The number of rotatable bonds is 10. The zero-order valence-electron chi connectivity index (χ0n) is 22.7. The molecule has 2 aromatic heterocycles. The van der Waals surface area contributed by atoms with E-state index in [0.29, 0.717) is 42.3 Å². The van der Waals surface area contributed by atoms with Crippen molar-refractivity contribution in [1.82, 2.24) is 14.5 Å². The van der Waals surface area contributed by atoms with Crippen molar-refractivity contribution in [2.24, 2.45) is 0 Å². The summed E-state index contributed by atoms with van der Waals surface area (Å²) in [5.74, 6) is -0.0714. The number of halogens is 3. The average Bonchev–Trinajstić information content (AvgIpc) is 3.43. The lowest BCUT2D eigenvalue weighted by atomic mass is 10.0. The Kier molecular flexibility index (Phi) is 8.60. The summed E-state index contributed by atoms with van der Waals surface area (Å²) in [6.45, 7) is 7.27. The molecule has 40 heavy (non-hydrogen) atoms. The smallest absolute Gasteiger partial charge is 0.361 e. The van der Waals surface area contributed by atoms with Gasteiger partial charge in [-0.25, -0.2) is 9.97 Å². The number of nitriles is 1. The molecular weight excluding hydrogens is 563 g/mol. The topological polar surface area (TPSA) is 119 Å². The van der Waals surface area contributed by atoms with Gasteiger partial charge >= 0.3 is 6.18 Å². The second kappa shape index (κ2) is 11.5. The average molecular weight is 596 g/mol. The van der Waals surface area contributed by atoms with Crippen molar-refractivity contribution >= 4 is 35.0 Å². The van der Waals surface area contributed by atoms with E-state index in [1.807, 2.05) is 0 Å². The maximum absolute atomic E-state index is 14.1. The second-order valence-electron chi connectivity index (χ2n) is 11.2. The summed E-state index contributed by atoms with van der Waals surface area (Å²) in [5, 5.41) is 12.9. The summed E-state index contributed by atoms with van der Waals surface area (Å²) in [6, 6.07) is 7.26. The van der Waals surface area contributed by atoms with Crippen LogP contribution in [0.1, 0.15) is 30.4 Å². The third-order valence-corrected chi connectivity index (χ3v) is 8.95. The molecule has 9 nitrogen and oxygen atoms in total. The molecule has 0 unspecified atom stereocenters. The van der Waals surface area contributed by atoms with E-state index in [1.165, 1.54) is 0 Å². The lowest BCUT2D eigenvalue weighted by Gasteiger charge is -2.21. The summed E-state index contributed by atoms with van der Waals surface area (Å²) < 4.78 is 78.5. The molecule has 1 saturated carbocycles. The van der Waals surface area contributed by atoms with E-state index in [4.69, 9.17) is 8.92 Å². The van der Waals surface area contributed by atoms with Crippen LogP contribution in [0.3, 0.4) is 0 Å². The van der Waals surface area contributed by atoms with Gasteiger partial charge in [0.1, 0.15) is 12.3 Å². The summed E-state index contributed by atoms with van der Waals surface area (Å²) in [5.41, 5.74) is -0.238. The van der Waals surface area contributed by atoms with Gasteiger partial charge < -0.3 is 14.6 Å². The number of ether oxygens (including phenoxy) is 1. The van der Waals surface area contributed by atoms with Crippen LogP contribution in [-0.4, -0.2) is 56.0 Å². The first-order valence-electron chi connectivity index (χ1n) is 12.8. The molecule has 1 aliphatic rings. The highest BCUT2D eigenvalue weighted by molar-refractivity contribution is 7.86.